The summed E-state index contributed by atoms with van der Waals surface area (Å²) in [5, 5.41) is 0. The predicted octanol–water partition coefficient (Wildman–Crippen LogP) is 3.37. The van der Waals surface area contributed by atoms with Gasteiger partial charge in [-0.15, -0.1) is 0 Å². The maximum absolute atomic E-state index is 12.6. The molecule has 2 aliphatic heterocycles. The largest absolute Gasteiger partial charge is 0.342 e. The van der Waals surface area contributed by atoms with Crippen molar-refractivity contribution in [2.24, 2.45) is 5.92 Å². The Morgan fingerprint density at radius 1 is 0.840 bits per heavy atom. The third kappa shape index (κ3) is 5.15. The van der Waals surface area contributed by atoms with Crippen LogP contribution in [0.25, 0.3) is 0 Å². The topological polar surface area (TPSA) is 40.6 Å². The number of hydrogen-bond donors (Lipinski definition) is 0. The second kappa shape index (κ2) is 9.14. The highest BCUT2D eigenvalue weighted by molar-refractivity contribution is 5.97. The van der Waals surface area contributed by atoms with Gasteiger partial charge in [-0.3, -0.25) is 14.5 Å². The number of hydrogen-bond acceptors (Lipinski definition) is 3. The molecule has 0 N–H and O–H groups in total. The Balaban J connectivity index is 1.45. The molecule has 2 heterocycles. The van der Waals surface area contributed by atoms with Crippen molar-refractivity contribution in [1.82, 2.24) is 9.80 Å². The minimum Gasteiger partial charge on any atom is -0.342 e. The van der Waals surface area contributed by atoms with Crippen molar-refractivity contribution in [2.75, 3.05) is 32.7 Å². The molecule has 0 bridgehead atoms. The molecule has 2 aliphatic rings. The van der Waals surface area contributed by atoms with Gasteiger partial charge in [0.2, 0.25) is 5.91 Å². The van der Waals surface area contributed by atoms with Crippen LogP contribution in [0.1, 0.15) is 55.3 Å². The zero-order chi connectivity index (χ0) is 17.5. The zero-order valence-corrected chi connectivity index (χ0v) is 15.2. The summed E-state index contributed by atoms with van der Waals surface area (Å²) in [4.78, 5) is 29.4. The number of Topliss-reactive ketones (excluding diaryl/α,β-unsaturated/α-hetero) is 1. The van der Waals surface area contributed by atoms with Crippen LogP contribution in [0.4, 0.5) is 0 Å². The first-order valence-electron chi connectivity index (χ1n) is 9.83. The number of carbonyl (C=O) groups is 2. The lowest BCUT2D eigenvalue weighted by atomic mass is 9.89. The molecule has 4 nitrogen and oxygen atoms in total. The summed E-state index contributed by atoms with van der Waals surface area (Å²) in [6.45, 7) is 4.06. The van der Waals surface area contributed by atoms with Crippen molar-refractivity contribution in [3.8, 4) is 0 Å². The number of nitrogens with zero attached hydrogens (tertiary/aromatic N) is 2. The van der Waals surface area contributed by atoms with Gasteiger partial charge in [-0.2, -0.15) is 0 Å². The number of carbonyl (C=O) groups excluding carboxylic acids is 2. The Morgan fingerprint density at radius 3 is 2.08 bits per heavy atom. The van der Waals surface area contributed by atoms with E-state index in [4.69, 9.17) is 0 Å². The summed E-state index contributed by atoms with van der Waals surface area (Å²) >= 11 is 0. The number of likely N-dealkylation sites (tertiary alicyclic amines) is 2. The minimum atomic E-state index is 0.107. The number of piperidine rings is 1. The molecule has 0 atom stereocenters. The van der Waals surface area contributed by atoms with Crippen molar-refractivity contribution in [3.63, 3.8) is 0 Å². The Hall–Kier alpha value is -1.68. The van der Waals surface area contributed by atoms with Crippen LogP contribution in [0.3, 0.4) is 0 Å². The standard InChI is InChI=1S/C21H30N2O2/c24-20(23-13-7-2-1-3-8-14-23)17-22-15-11-19(12-16-22)21(25)18-9-5-4-6-10-18/h4-6,9-10,19H,1-3,7-8,11-17H2. The van der Waals surface area contributed by atoms with Crippen LogP contribution in [0, 0.1) is 5.92 Å². The Kier molecular flexibility index (Phi) is 6.62. The fourth-order valence-electron chi connectivity index (χ4n) is 3.98. The van der Waals surface area contributed by atoms with Crippen LogP contribution >= 0.6 is 0 Å². The van der Waals surface area contributed by atoms with Gasteiger partial charge in [-0.25, -0.2) is 0 Å². The Bertz CT molecular complexity index is 557. The van der Waals surface area contributed by atoms with Gasteiger partial charge in [0.05, 0.1) is 6.54 Å². The molecule has 0 unspecified atom stereocenters. The molecule has 2 fully saturated rings. The van der Waals surface area contributed by atoms with Gasteiger partial charge in [0.15, 0.2) is 5.78 Å². The van der Waals surface area contributed by atoms with Crippen LogP contribution in [-0.2, 0) is 4.79 Å². The highest BCUT2D eigenvalue weighted by Gasteiger charge is 2.27. The lowest BCUT2D eigenvalue weighted by Gasteiger charge is -2.33. The average molecular weight is 342 g/mol. The highest BCUT2D eigenvalue weighted by Crippen LogP contribution is 2.22. The first kappa shape index (κ1) is 18.1. The number of ketones is 1. The van der Waals surface area contributed by atoms with Crippen LogP contribution in [0.5, 0.6) is 0 Å². The molecule has 2 saturated heterocycles. The number of rotatable bonds is 4. The number of amides is 1. The quantitative estimate of drug-likeness (QED) is 0.788. The van der Waals surface area contributed by atoms with E-state index in [9.17, 15) is 9.59 Å². The van der Waals surface area contributed by atoms with Gasteiger partial charge in [-0.05, 0) is 38.8 Å². The summed E-state index contributed by atoms with van der Waals surface area (Å²) in [7, 11) is 0. The molecular weight excluding hydrogens is 312 g/mol. The summed E-state index contributed by atoms with van der Waals surface area (Å²) in [5.74, 6) is 0.639. The summed E-state index contributed by atoms with van der Waals surface area (Å²) in [6.07, 6.45) is 7.80. The van der Waals surface area contributed by atoms with E-state index >= 15 is 0 Å². The van der Waals surface area contributed by atoms with Gasteiger partial charge in [0, 0.05) is 24.6 Å². The summed E-state index contributed by atoms with van der Waals surface area (Å²) < 4.78 is 0. The average Bonchev–Trinajstić information content (AvgIpc) is 2.62. The van der Waals surface area contributed by atoms with Gasteiger partial charge in [-0.1, -0.05) is 49.6 Å². The van der Waals surface area contributed by atoms with Crippen molar-refractivity contribution in [2.45, 2.75) is 44.9 Å². The SMILES string of the molecule is O=C(c1ccccc1)C1CCN(CC(=O)N2CCCCCCC2)CC1. The minimum absolute atomic E-state index is 0.107. The van der Waals surface area contributed by atoms with Gasteiger partial charge in [0.25, 0.3) is 0 Å². The van der Waals surface area contributed by atoms with E-state index in [2.05, 4.69) is 9.80 Å². The lowest BCUT2D eigenvalue weighted by Crippen LogP contribution is -2.45. The highest BCUT2D eigenvalue weighted by atomic mass is 16.2. The third-order valence-electron chi connectivity index (χ3n) is 5.58. The van der Waals surface area contributed by atoms with Crippen LogP contribution < -0.4 is 0 Å². The fraction of sp³-hybridized carbons (Fsp3) is 0.619. The molecule has 0 spiro atoms. The Labute approximate surface area is 151 Å². The first-order chi connectivity index (χ1) is 12.2. The van der Waals surface area contributed by atoms with E-state index in [1.165, 1.54) is 19.3 Å². The van der Waals surface area contributed by atoms with E-state index in [1.54, 1.807) is 0 Å². The van der Waals surface area contributed by atoms with Crippen LogP contribution in [0.15, 0.2) is 30.3 Å². The first-order valence-corrected chi connectivity index (χ1v) is 9.83. The summed E-state index contributed by atoms with van der Waals surface area (Å²) in [6, 6.07) is 9.59. The zero-order valence-electron chi connectivity index (χ0n) is 15.2. The van der Waals surface area contributed by atoms with E-state index in [0.29, 0.717) is 6.54 Å². The van der Waals surface area contributed by atoms with Crippen molar-refractivity contribution in [1.29, 1.82) is 0 Å². The second-order valence-corrected chi connectivity index (χ2v) is 7.43. The van der Waals surface area contributed by atoms with Crippen molar-refractivity contribution in [3.05, 3.63) is 35.9 Å². The monoisotopic (exact) mass is 342 g/mol. The molecule has 1 amide bonds. The maximum Gasteiger partial charge on any atom is 0.236 e. The lowest BCUT2D eigenvalue weighted by molar-refractivity contribution is -0.133. The smallest absolute Gasteiger partial charge is 0.236 e. The molecule has 0 radical (unpaired) electrons. The molecule has 1 aromatic carbocycles. The van der Waals surface area contributed by atoms with E-state index in [-0.39, 0.29) is 17.6 Å². The van der Waals surface area contributed by atoms with Crippen molar-refractivity contribution < 1.29 is 9.59 Å². The van der Waals surface area contributed by atoms with E-state index < -0.39 is 0 Å². The van der Waals surface area contributed by atoms with Crippen LogP contribution in [-0.4, -0.2) is 54.2 Å². The normalized spacial score (nSPS) is 20.7. The maximum atomic E-state index is 12.6. The van der Waals surface area contributed by atoms with Crippen LogP contribution in [0.2, 0.25) is 0 Å². The molecule has 4 heteroatoms. The van der Waals surface area contributed by atoms with E-state index in [1.807, 2.05) is 30.3 Å². The Morgan fingerprint density at radius 2 is 1.44 bits per heavy atom. The molecule has 0 aromatic heterocycles. The molecule has 25 heavy (non-hydrogen) atoms. The molecular formula is C21H30N2O2. The molecule has 3 rings (SSSR count). The van der Waals surface area contributed by atoms with Gasteiger partial charge in [0.1, 0.15) is 0 Å². The predicted molar refractivity (Wildman–Crippen MR) is 99.6 cm³/mol. The molecule has 1 aromatic rings. The van der Waals surface area contributed by atoms with E-state index in [0.717, 1.165) is 57.4 Å². The fourth-order valence-corrected chi connectivity index (χ4v) is 3.98. The summed E-state index contributed by atoms with van der Waals surface area (Å²) in [5.41, 5.74) is 0.817. The molecule has 136 valence electrons. The molecule has 0 saturated carbocycles. The number of benzene rings is 1. The molecule has 0 aliphatic carbocycles. The second-order valence-electron chi connectivity index (χ2n) is 7.43. The third-order valence-corrected chi connectivity index (χ3v) is 5.58. The van der Waals surface area contributed by atoms with Gasteiger partial charge >= 0.3 is 0 Å². The van der Waals surface area contributed by atoms with Crippen molar-refractivity contribution >= 4 is 11.7 Å². The van der Waals surface area contributed by atoms with Gasteiger partial charge < -0.3 is 4.90 Å².